The Bertz CT molecular complexity index is 582. The lowest BCUT2D eigenvalue weighted by atomic mass is 10.2. The zero-order chi connectivity index (χ0) is 13.0. The second-order valence-electron chi connectivity index (χ2n) is 3.84. The summed E-state index contributed by atoms with van der Waals surface area (Å²) >= 11 is 3.27. The topological polar surface area (TPSA) is 59.8 Å². The summed E-state index contributed by atoms with van der Waals surface area (Å²) in [5, 5.41) is 7.14. The fraction of sp³-hybridized carbons (Fsp3) is 0.250. The fourth-order valence-corrected chi connectivity index (χ4v) is 2.02. The summed E-state index contributed by atoms with van der Waals surface area (Å²) in [4.78, 5) is 15.7. The molecule has 1 N–H and O–H groups in total. The summed E-state index contributed by atoms with van der Waals surface area (Å²) in [7, 11) is 1.62. The maximum atomic E-state index is 11.6. The Morgan fingerprint density at radius 3 is 3.00 bits per heavy atom. The average molecular weight is 309 g/mol. The number of halogens is 1. The lowest BCUT2D eigenvalue weighted by molar-refractivity contribution is 0.703. The van der Waals surface area contributed by atoms with E-state index in [2.05, 4.69) is 31.3 Å². The van der Waals surface area contributed by atoms with Gasteiger partial charge in [0.2, 0.25) is 0 Å². The molecule has 5 nitrogen and oxygen atoms in total. The number of aryl methyl sites for hydroxylation is 1. The first kappa shape index (κ1) is 12.8. The van der Waals surface area contributed by atoms with E-state index in [1.807, 2.05) is 18.3 Å². The molecule has 0 amide bonds. The van der Waals surface area contributed by atoms with Crippen LogP contribution in [0, 0.1) is 0 Å². The number of hydrogen-bond acceptors (Lipinski definition) is 4. The molecule has 2 aromatic heterocycles. The third kappa shape index (κ3) is 2.95. The van der Waals surface area contributed by atoms with Gasteiger partial charge >= 0.3 is 0 Å². The summed E-state index contributed by atoms with van der Waals surface area (Å²) in [6, 6.07) is 3.93. The molecule has 2 aromatic rings. The molecule has 0 saturated carbocycles. The zero-order valence-corrected chi connectivity index (χ0v) is 11.5. The van der Waals surface area contributed by atoms with Gasteiger partial charge in [-0.25, -0.2) is 4.68 Å². The Kier molecular flexibility index (Phi) is 4.09. The maximum Gasteiger partial charge on any atom is 0.282 e. The Morgan fingerprint density at radius 1 is 1.44 bits per heavy atom. The minimum atomic E-state index is -0.152. The van der Waals surface area contributed by atoms with Crippen molar-refractivity contribution < 1.29 is 0 Å². The van der Waals surface area contributed by atoms with Gasteiger partial charge in [-0.1, -0.05) is 6.07 Å². The molecule has 0 aliphatic carbocycles. The van der Waals surface area contributed by atoms with Crippen molar-refractivity contribution in [3.8, 4) is 0 Å². The highest BCUT2D eigenvalue weighted by Gasteiger charge is 2.05. The van der Waals surface area contributed by atoms with E-state index in [4.69, 9.17) is 0 Å². The van der Waals surface area contributed by atoms with E-state index in [-0.39, 0.29) is 5.56 Å². The first-order valence-electron chi connectivity index (χ1n) is 5.53. The van der Waals surface area contributed by atoms with Crippen LogP contribution in [0.1, 0.15) is 5.56 Å². The Morgan fingerprint density at radius 2 is 2.28 bits per heavy atom. The molecule has 0 aliphatic heterocycles. The van der Waals surface area contributed by atoms with Gasteiger partial charge in [0.15, 0.2) is 0 Å². The first-order chi connectivity index (χ1) is 8.68. The van der Waals surface area contributed by atoms with Crippen LogP contribution in [-0.4, -0.2) is 21.3 Å². The molecular weight excluding hydrogens is 296 g/mol. The molecule has 0 atom stereocenters. The van der Waals surface area contributed by atoms with E-state index in [0.29, 0.717) is 10.2 Å². The lowest BCUT2D eigenvalue weighted by Crippen LogP contribution is -2.21. The molecule has 0 aliphatic rings. The fourth-order valence-electron chi connectivity index (χ4n) is 1.52. The lowest BCUT2D eigenvalue weighted by Gasteiger charge is -2.08. The minimum absolute atomic E-state index is 0.152. The molecule has 0 bridgehead atoms. The van der Waals surface area contributed by atoms with E-state index >= 15 is 0 Å². The number of anilines is 1. The zero-order valence-electron chi connectivity index (χ0n) is 9.93. The van der Waals surface area contributed by atoms with Crippen molar-refractivity contribution >= 4 is 21.6 Å². The third-order valence-corrected chi connectivity index (χ3v) is 3.30. The second kappa shape index (κ2) is 5.77. The number of rotatable bonds is 4. The van der Waals surface area contributed by atoms with Crippen LogP contribution in [0.5, 0.6) is 0 Å². The third-order valence-electron chi connectivity index (χ3n) is 2.53. The molecule has 0 saturated heterocycles. The van der Waals surface area contributed by atoms with Gasteiger partial charge in [-0.3, -0.25) is 9.78 Å². The molecule has 0 radical (unpaired) electrons. The van der Waals surface area contributed by atoms with Crippen molar-refractivity contribution in [2.45, 2.75) is 6.42 Å². The van der Waals surface area contributed by atoms with Gasteiger partial charge in [0.1, 0.15) is 4.47 Å². The maximum absolute atomic E-state index is 11.6. The summed E-state index contributed by atoms with van der Waals surface area (Å²) < 4.78 is 1.79. The molecule has 18 heavy (non-hydrogen) atoms. The molecule has 0 aromatic carbocycles. The molecule has 0 spiro atoms. The van der Waals surface area contributed by atoms with Gasteiger partial charge in [0, 0.05) is 26.0 Å². The summed E-state index contributed by atoms with van der Waals surface area (Å²) in [5.41, 5.74) is 1.71. The van der Waals surface area contributed by atoms with Crippen molar-refractivity contribution in [3.05, 3.63) is 51.1 Å². The average Bonchev–Trinajstić information content (AvgIpc) is 2.40. The standard InChI is InChI=1S/C12H13BrN4O/c1-17-12(18)11(13)10(8-16-17)15-6-4-9-3-2-5-14-7-9/h2-3,5,7-8,15H,4,6H2,1H3. The molecule has 94 valence electrons. The molecule has 2 heterocycles. The van der Waals surface area contributed by atoms with Crippen molar-refractivity contribution in [2.75, 3.05) is 11.9 Å². The van der Waals surface area contributed by atoms with Crippen LogP contribution in [0.25, 0.3) is 0 Å². The van der Waals surface area contributed by atoms with Crippen LogP contribution in [0.4, 0.5) is 5.69 Å². The van der Waals surface area contributed by atoms with Crippen molar-refractivity contribution in [3.63, 3.8) is 0 Å². The van der Waals surface area contributed by atoms with E-state index < -0.39 is 0 Å². The minimum Gasteiger partial charge on any atom is -0.382 e. The van der Waals surface area contributed by atoms with Crippen molar-refractivity contribution in [2.24, 2.45) is 7.05 Å². The van der Waals surface area contributed by atoms with E-state index in [0.717, 1.165) is 18.5 Å². The van der Waals surface area contributed by atoms with Gasteiger partial charge < -0.3 is 5.32 Å². The number of hydrogen-bond donors (Lipinski definition) is 1. The number of nitrogens with zero attached hydrogens (tertiary/aromatic N) is 3. The van der Waals surface area contributed by atoms with Crippen molar-refractivity contribution in [1.29, 1.82) is 0 Å². The van der Waals surface area contributed by atoms with Crippen LogP contribution in [-0.2, 0) is 13.5 Å². The van der Waals surface area contributed by atoms with Gasteiger partial charge in [0.05, 0.1) is 11.9 Å². The van der Waals surface area contributed by atoms with E-state index in [1.165, 1.54) is 4.68 Å². The first-order valence-corrected chi connectivity index (χ1v) is 6.32. The quantitative estimate of drug-likeness (QED) is 0.932. The molecule has 0 fully saturated rings. The normalized spacial score (nSPS) is 10.3. The highest BCUT2D eigenvalue weighted by atomic mass is 79.9. The Balaban J connectivity index is 1.99. The van der Waals surface area contributed by atoms with Gasteiger partial charge in [0.25, 0.3) is 5.56 Å². The highest BCUT2D eigenvalue weighted by Crippen LogP contribution is 2.15. The van der Waals surface area contributed by atoms with Gasteiger partial charge in [-0.15, -0.1) is 0 Å². The molecule has 0 unspecified atom stereocenters. The number of pyridine rings is 1. The Hall–Kier alpha value is -1.69. The van der Waals surface area contributed by atoms with E-state index in [1.54, 1.807) is 19.4 Å². The van der Waals surface area contributed by atoms with Gasteiger partial charge in [-0.2, -0.15) is 5.10 Å². The largest absolute Gasteiger partial charge is 0.382 e. The molecule has 6 heteroatoms. The summed E-state index contributed by atoms with van der Waals surface area (Å²) in [6.07, 6.45) is 6.06. The summed E-state index contributed by atoms with van der Waals surface area (Å²) in [5.74, 6) is 0. The number of nitrogens with one attached hydrogen (secondary N) is 1. The molecular formula is C12H13BrN4O. The SMILES string of the molecule is Cn1ncc(NCCc2cccnc2)c(Br)c1=O. The predicted molar refractivity (Wildman–Crippen MR) is 73.6 cm³/mol. The van der Waals surface area contributed by atoms with Crippen LogP contribution in [0.2, 0.25) is 0 Å². The second-order valence-corrected chi connectivity index (χ2v) is 4.63. The van der Waals surface area contributed by atoms with Crippen LogP contribution in [0.3, 0.4) is 0 Å². The monoisotopic (exact) mass is 308 g/mol. The van der Waals surface area contributed by atoms with E-state index in [9.17, 15) is 4.79 Å². The van der Waals surface area contributed by atoms with Crippen LogP contribution >= 0.6 is 15.9 Å². The Labute approximate surface area is 113 Å². The number of aromatic nitrogens is 3. The molecule has 2 rings (SSSR count). The van der Waals surface area contributed by atoms with Gasteiger partial charge in [-0.05, 0) is 34.0 Å². The smallest absolute Gasteiger partial charge is 0.282 e. The van der Waals surface area contributed by atoms with Crippen molar-refractivity contribution in [1.82, 2.24) is 14.8 Å². The summed E-state index contributed by atoms with van der Waals surface area (Å²) in [6.45, 7) is 0.721. The highest BCUT2D eigenvalue weighted by molar-refractivity contribution is 9.10. The predicted octanol–water partition coefficient (Wildman–Crippen LogP) is 1.59. The van der Waals surface area contributed by atoms with Crippen LogP contribution in [0.15, 0.2) is 40.0 Å². The van der Waals surface area contributed by atoms with Crippen LogP contribution < -0.4 is 10.9 Å².